The van der Waals surface area contributed by atoms with Crippen LogP contribution in [0.2, 0.25) is 0 Å². The fourth-order valence-corrected chi connectivity index (χ4v) is 3.45. The Hall–Kier alpha value is -4.46. The summed E-state index contributed by atoms with van der Waals surface area (Å²) in [6, 6.07) is 19.5. The molecule has 0 spiro atoms. The normalized spacial score (nSPS) is 10.6. The average Bonchev–Trinajstić information content (AvgIpc) is 2.87. The molecule has 4 rings (SSSR count). The highest BCUT2D eigenvalue weighted by molar-refractivity contribution is 5.96. The Kier molecular flexibility index (Phi) is 6.68. The molecule has 0 N–H and O–H groups in total. The van der Waals surface area contributed by atoms with Gasteiger partial charge in [-0.05, 0) is 54.4 Å². The van der Waals surface area contributed by atoms with Crippen LogP contribution in [0.5, 0.6) is 5.75 Å². The second-order valence-electron chi connectivity index (χ2n) is 7.48. The molecule has 0 fully saturated rings. The van der Waals surface area contributed by atoms with Gasteiger partial charge in [0.15, 0.2) is 0 Å². The van der Waals surface area contributed by atoms with E-state index in [1.165, 1.54) is 12.0 Å². The average molecular weight is 457 g/mol. The highest BCUT2D eigenvalue weighted by atomic mass is 16.6. The van der Waals surface area contributed by atoms with Gasteiger partial charge in [-0.3, -0.25) is 0 Å². The maximum Gasteiger partial charge on any atom is 0.421 e. The number of benzene rings is 3. The first kappa shape index (κ1) is 22.7. The number of carbonyl (C=O) groups is 2. The van der Waals surface area contributed by atoms with Gasteiger partial charge in [-0.25, -0.2) is 24.5 Å². The van der Waals surface area contributed by atoms with Crippen molar-refractivity contribution >= 4 is 34.6 Å². The van der Waals surface area contributed by atoms with Gasteiger partial charge in [0.05, 0.1) is 36.4 Å². The molecule has 0 radical (unpaired) electrons. The van der Waals surface area contributed by atoms with Crippen LogP contribution in [-0.2, 0) is 16.1 Å². The second-order valence-corrected chi connectivity index (χ2v) is 7.48. The number of aryl methyl sites for hydroxylation is 1. The van der Waals surface area contributed by atoms with Crippen molar-refractivity contribution in [3.63, 3.8) is 0 Å². The molecule has 0 aliphatic rings. The van der Waals surface area contributed by atoms with Crippen molar-refractivity contribution in [3.8, 4) is 5.75 Å². The summed E-state index contributed by atoms with van der Waals surface area (Å²) in [6.07, 6.45) is 0.949. The number of fused-ring (bicyclic) bond motifs is 1. The number of rotatable bonds is 6. The van der Waals surface area contributed by atoms with Gasteiger partial charge in [-0.15, -0.1) is 0 Å². The quantitative estimate of drug-likeness (QED) is 0.367. The van der Waals surface area contributed by atoms with Gasteiger partial charge in [-0.1, -0.05) is 30.3 Å². The van der Waals surface area contributed by atoms with Crippen LogP contribution in [0.4, 0.5) is 16.4 Å². The summed E-state index contributed by atoms with van der Waals surface area (Å²) in [5.74, 6) is 0.292. The zero-order valence-electron chi connectivity index (χ0n) is 19.0. The number of hydrogen-bond acceptors (Lipinski definition) is 7. The van der Waals surface area contributed by atoms with Crippen LogP contribution in [-0.4, -0.2) is 36.3 Å². The van der Waals surface area contributed by atoms with Gasteiger partial charge in [0, 0.05) is 6.20 Å². The van der Waals surface area contributed by atoms with Crippen molar-refractivity contribution < 1.29 is 23.8 Å². The standard InChI is InChI=1S/C26H23N3O5/c1-17-13-22-21(23(14-17)32-2)15-27-25(28-22)29(20-11-9-19(10-12-20)24(30)33-3)26(31)34-16-18-7-5-4-6-8-18/h4-15H,16H2,1-3H3. The molecule has 0 atom stereocenters. The molecule has 4 aromatic rings. The van der Waals surface area contributed by atoms with Crippen LogP contribution in [0.15, 0.2) is 72.9 Å². The van der Waals surface area contributed by atoms with E-state index in [1.54, 1.807) is 37.6 Å². The van der Waals surface area contributed by atoms with Gasteiger partial charge in [0.25, 0.3) is 0 Å². The fraction of sp³-hybridized carbons (Fsp3) is 0.154. The van der Waals surface area contributed by atoms with E-state index in [2.05, 4.69) is 9.97 Å². The van der Waals surface area contributed by atoms with Crippen molar-refractivity contribution in [1.29, 1.82) is 0 Å². The third-order valence-corrected chi connectivity index (χ3v) is 5.15. The fourth-order valence-electron chi connectivity index (χ4n) is 3.45. The highest BCUT2D eigenvalue weighted by Crippen LogP contribution is 2.30. The zero-order chi connectivity index (χ0) is 24.1. The molecule has 8 nitrogen and oxygen atoms in total. The summed E-state index contributed by atoms with van der Waals surface area (Å²) in [5, 5.41) is 0.718. The summed E-state index contributed by atoms with van der Waals surface area (Å²) in [6.45, 7) is 2.01. The van der Waals surface area contributed by atoms with Crippen molar-refractivity contribution in [2.45, 2.75) is 13.5 Å². The van der Waals surface area contributed by atoms with Gasteiger partial charge in [0.1, 0.15) is 12.4 Å². The molecule has 0 saturated carbocycles. The number of carbonyl (C=O) groups excluding carboxylic acids is 2. The number of anilines is 2. The summed E-state index contributed by atoms with van der Waals surface area (Å²) in [4.78, 5) is 35.3. The van der Waals surface area contributed by atoms with E-state index in [9.17, 15) is 9.59 Å². The lowest BCUT2D eigenvalue weighted by atomic mass is 10.1. The minimum atomic E-state index is -0.659. The number of esters is 1. The lowest BCUT2D eigenvalue weighted by Gasteiger charge is -2.21. The topological polar surface area (TPSA) is 90.9 Å². The Bertz CT molecular complexity index is 1320. The number of ether oxygens (including phenoxy) is 3. The molecule has 1 heterocycles. The van der Waals surface area contributed by atoms with Crippen molar-refractivity contribution in [2.75, 3.05) is 19.1 Å². The molecule has 0 bridgehead atoms. The van der Waals surface area contributed by atoms with Crippen LogP contribution in [0.1, 0.15) is 21.5 Å². The molecule has 34 heavy (non-hydrogen) atoms. The largest absolute Gasteiger partial charge is 0.496 e. The Morgan fingerprint density at radius 2 is 1.71 bits per heavy atom. The van der Waals surface area contributed by atoms with E-state index >= 15 is 0 Å². The summed E-state index contributed by atoms with van der Waals surface area (Å²) < 4.78 is 15.8. The van der Waals surface area contributed by atoms with Gasteiger partial charge in [-0.2, -0.15) is 0 Å². The van der Waals surface area contributed by atoms with Crippen LogP contribution >= 0.6 is 0 Å². The predicted octanol–water partition coefficient (Wildman–Crippen LogP) is 5.21. The first-order valence-electron chi connectivity index (χ1n) is 10.5. The van der Waals surface area contributed by atoms with Crippen LogP contribution < -0.4 is 9.64 Å². The molecular weight excluding hydrogens is 434 g/mol. The van der Waals surface area contributed by atoms with E-state index in [-0.39, 0.29) is 12.6 Å². The lowest BCUT2D eigenvalue weighted by molar-refractivity contribution is 0.0600. The number of nitrogens with zero attached hydrogens (tertiary/aromatic N) is 3. The van der Waals surface area contributed by atoms with E-state index in [1.807, 2.05) is 49.4 Å². The summed E-state index contributed by atoms with van der Waals surface area (Å²) in [5.41, 5.74) is 3.20. The van der Waals surface area contributed by atoms with Gasteiger partial charge >= 0.3 is 12.1 Å². The number of hydrogen-bond donors (Lipinski definition) is 0. The number of amides is 1. The Balaban J connectivity index is 1.73. The first-order valence-corrected chi connectivity index (χ1v) is 10.5. The number of methoxy groups -OCH3 is 2. The first-order chi connectivity index (χ1) is 16.5. The van der Waals surface area contributed by atoms with E-state index in [0.717, 1.165) is 16.5 Å². The molecule has 3 aromatic carbocycles. The SMILES string of the molecule is COC(=O)c1ccc(N(C(=O)OCc2ccccc2)c2ncc3c(OC)cc(C)cc3n2)cc1. The molecule has 0 saturated heterocycles. The maximum absolute atomic E-state index is 13.2. The zero-order valence-corrected chi connectivity index (χ0v) is 19.0. The highest BCUT2D eigenvalue weighted by Gasteiger charge is 2.24. The van der Waals surface area contributed by atoms with Crippen molar-refractivity contribution in [3.05, 3.63) is 89.6 Å². The monoisotopic (exact) mass is 457 g/mol. The van der Waals surface area contributed by atoms with Crippen LogP contribution in [0.25, 0.3) is 10.9 Å². The van der Waals surface area contributed by atoms with E-state index < -0.39 is 12.1 Å². The second kappa shape index (κ2) is 9.99. The van der Waals surface area contributed by atoms with Gasteiger partial charge < -0.3 is 14.2 Å². The molecule has 0 unspecified atom stereocenters. The van der Waals surface area contributed by atoms with Gasteiger partial charge in [0.2, 0.25) is 5.95 Å². The van der Waals surface area contributed by atoms with Crippen molar-refractivity contribution in [1.82, 2.24) is 9.97 Å². The Morgan fingerprint density at radius 3 is 2.38 bits per heavy atom. The third-order valence-electron chi connectivity index (χ3n) is 5.15. The maximum atomic E-state index is 13.2. The molecular formula is C26H23N3O5. The summed E-state index contributed by atoms with van der Waals surface area (Å²) >= 11 is 0. The van der Waals surface area contributed by atoms with E-state index in [0.29, 0.717) is 22.5 Å². The molecule has 8 heteroatoms. The van der Waals surface area contributed by atoms with Crippen molar-refractivity contribution in [2.24, 2.45) is 0 Å². The number of aromatic nitrogens is 2. The summed E-state index contributed by atoms with van der Waals surface area (Å²) in [7, 11) is 2.89. The lowest BCUT2D eigenvalue weighted by Crippen LogP contribution is -2.28. The Labute approximate surface area is 196 Å². The molecule has 0 aliphatic heterocycles. The predicted molar refractivity (Wildman–Crippen MR) is 127 cm³/mol. The third kappa shape index (κ3) is 4.80. The van der Waals surface area contributed by atoms with E-state index in [4.69, 9.17) is 14.2 Å². The molecule has 172 valence electrons. The molecule has 1 amide bonds. The minimum absolute atomic E-state index is 0.0803. The smallest absolute Gasteiger partial charge is 0.421 e. The minimum Gasteiger partial charge on any atom is -0.496 e. The molecule has 1 aromatic heterocycles. The Morgan fingerprint density at radius 1 is 0.971 bits per heavy atom. The van der Waals surface area contributed by atoms with Crippen LogP contribution in [0.3, 0.4) is 0 Å². The van der Waals surface area contributed by atoms with Crippen LogP contribution in [0, 0.1) is 6.92 Å². The molecule has 0 aliphatic carbocycles.